The second-order valence-corrected chi connectivity index (χ2v) is 32.8. The topological polar surface area (TPSA) is 19.4 Å². The van der Waals surface area contributed by atoms with Gasteiger partial charge in [-0.15, -0.1) is 0 Å². The van der Waals surface area contributed by atoms with E-state index in [1.54, 1.807) is 0 Å². The number of benzene rings is 22. The predicted molar refractivity (Wildman–Crippen MR) is 546 cm³/mol. The first-order valence-electron chi connectivity index (χ1n) is 43.6. The Morgan fingerprint density at radius 3 is 0.787 bits per heavy atom. The molecular formula is C121H94N6. The number of aryl methyl sites for hydroxylation is 2. The molecule has 0 aliphatic carbocycles. The van der Waals surface area contributed by atoms with Crippen molar-refractivity contribution in [2.24, 2.45) is 0 Å². The monoisotopic (exact) mass is 1630 g/mol. The summed E-state index contributed by atoms with van der Waals surface area (Å²) in [6.07, 6.45) is 0. The molecule has 0 heterocycles. The number of fused-ring (bicyclic) bond motifs is 5. The molecule has 0 saturated heterocycles. The minimum Gasteiger partial charge on any atom is -0.345 e. The van der Waals surface area contributed by atoms with Gasteiger partial charge in [0.2, 0.25) is 0 Å². The Balaban J connectivity index is 0.000000122. The van der Waals surface area contributed by atoms with Crippen molar-refractivity contribution >= 4 is 161 Å². The Morgan fingerprint density at radius 2 is 0.409 bits per heavy atom. The average Bonchev–Trinajstić information content (AvgIpc) is 0.715. The quantitative estimate of drug-likeness (QED) is 0.0625. The van der Waals surface area contributed by atoms with Gasteiger partial charge in [-0.05, 0) is 299 Å². The van der Waals surface area contributed by atoms with Gasteiger partial charge in [0.25, 0.3) is 0 Å². The molecule has 608 valence electrons. The Labute approximate surface area is 743 Å². The lowest BCUT2D eigenvalue weighted by molar-refractivity contribution is 1.20. The van der Waals surface area contributed by atoms with Gasteiger partial charge in [0.05, 0.1) is 0 Å². The molecule has 0 aliphatic heterocycles. The van der Waals surface area contributed by atoms with E-state index < -0.39 is 0 Å². The third kappa shape index (κ3) is 16.4. The Bertz CT molecular complexity index is 7550. The molecule has 0 amide bonds. The van der Waals surface area contributed by atoms with Crippen LogP contribution in [0.25, 0.3) is 109 Å². The lowest BCUT2D eigenvalue weighted by Gasteiger charge is -2.27. The van der Waals surface area contributed by atoms with Gasteiger partial charge in [-0.25, -0.2) is 0 Å². The predicted octanol–water partition coefficient (Wildman–Crippen LogP) is 33.9. The molecule has 6 heteroatoms. The average molecular weight is 1630 g/mol. The minimum atomic E-state index is 1.11. The fourth-order valence-electron chi connectivity index (χ4n) is 18.0. The van der Waals surface area contributed by atoms with Crippen molar-refractivity contribution in [3.8, 4) is 33.4 Å². The highest BCUT2D eigenvalue weighted by Gasteiger charge is 2.22. The third-order valence-corrected chi connectivity index (χ3v) is 24.8. The zero-order valence-electron chi connectivity index (χ0n) is 71.8. The highest BCUT2D eigenvalue weighted by molar-refractivity contribution is 6.34. The van der Waals surface area contributed by atoms with E-state index in [1.165, 1.54) is 137 Å². The number of anilines is 15. The van der Waals surface area contributed by atoms with Gasteiger partial charge in [-0.2, -0.15) is 0 Å². The molecule has 22 aromatic rings. The molecular weight excluding hydrogens is 1540 g/mol. The fraction of sp³-hybridized carbons (Fsp3) is 0.0413. The van der Waals surface area contributed by atoms with Crippen LogP contribution in [0.3, 0.4) is 0 Å². The molecule has 22 rings (SSSR count). The van der Waals surface area contributed by atoms with E-state index in [2.05, 4.69) is 544 Å². The fourth-order valence-corrected chi connectivity index (χ4v) is 18.0. The minimum absolute atomic E-state index is 1.11. The summed E-state index contributed by atoms with van der Waals surface area (Å²) in [5.74, 6) is 0. The van der Waals surface area contributed by atoms with Gasteiger partial charge in [-0.3, -0.25) is 0 Å². The maximum Gasteiger partial charge on any atom is 0.0488 e. The van der Waals surface area contributed by atoms with Crippen LogP contribution in [0, 0.1) is 13.8 Å². The molecule has 6 nitrogen and oxygen atoms in total. The Kier molecular flexibility index (Phi) is 22.0. The van der Waals surface area contributed by atoms with Crippen LogP contribution >= 0.6 is 0 Å². The molecule has 0 bridgehead atoms. The number of nitrogens with zero attached hydrogens (tertiary/aromatic N) is 6. The van der Waals surface area contributed by atoms with E-state index in [1.807, 2.05) is 0 Å². The summed E-state index contributed by atoms with van der Waals surface area (Å²) in [6.45, 7) is 4.25. The maximum absolute atomic E-state index is 2.35. The van der Waals surface area contributed by atoms with E-state index in [4.69, 9.17) is 0 Å². The van der Waals surface area contributed by atoms with Crippen molar-refractivity contribution in [2.75, 3.05) is 50.5 Å². The van der Waals surface area contributed by atoms with Crippen LogP contribution in [0.4, 0.5) is 85.3 Å². The van der Waals surface area contributed by atoms with Crippen LogP contribution in [0.5, 0.6) is 0 Å². The van der Waals surface area contributed by atoms with Gasteiger partial charge < -0.3 is 29.4 Å². The highest BCUT2D eigenvalue weighted by Crippen LogP contribution is 2.47. The number of hydrogen-bond acceptors (Lipinski definition) is 6. The molecule has 0 radical (unpaired) electrons. The van der Waals surface area contributed by atoms with Crippen molar-refractivity contribution in [2.45, 2.75) is 13.8 Å². The summed E-state index contributed by atoms with van der Waals surface area (Å²) in [5.41, 5.74) is 26.9. The molecule has 0 atom stereocenters. The number of rotatable bonds is 18. The van der Waals surface area contributed by atoms with E-state index in [9.17, 15) is 0 Å². The second-order valence-electron chi connectivity index (χ2n) is 32.8. The molecule has 0 fully saturated rings. The van der Waals surface area contributed by atoms with Gasteiger partial charge in [0.1, 0.15) is 0 Å². The summed E-state index contributed by atoms with van der Waals surface area (Å²) in [7, 11) is 6.41. The third-order valence-electron chi connectivity index (χ3n) is 24.8. The first-order valence-corrected chi connectivity index (χ1v) is 43.6. The van der Waals surface area contributed by atoms with Gasteiger partial charge in [0, 0.05) is 112 Å². The van der Waals surface area contributed by atoms with Crippen molar-refractivity contribution < 1.29 is 0 Å². The summed E-state index contributed by atoms with van der Waals surface area (Å²) >= 11 is 0. The van der Waals surface area contributed by atoms with Crippen LogP contribution in [-0.4, -0.2) is 21.1 Å². The van der Waals surface area contributed by atoms with E-state index in [-0.39, 0.29) is 0 Å². The second kappa shape index (κ2) is 35.3. The van der Waals surface area contributed by atoms with Gasteiger partial charge >= 0.3 is 0 Å². The maximum atomic E-state index is 2.35. The molecule has 0 aromatic heterocycles. The SMILES string of the molecule is CN(c1ccc(N(c2ccc(-c3ccccc3)cc2)c2ccc3ccccc3c2)cc1)c1ccc2c3cccc4cccc(c5cccc1c52)c43.Cc1ccc(N(C)c2ccc(N(c3ccc(-c4ccccc4)cc3)c3ccc4ccccc4c3)cc2)cc1.Cc1cccc(N(C)c2ccc(N(c3ccc(-c4ccccc4)cc3)c3ccc4ccccc4c3)cc2)c1. The van der Waals surface area contributed by atoms with E-state index in [0.29, 0.717) is 0 Å². The van der Waals surface area contributed by atoms with Crippen molar-refractivity contribution in [3.05, 3.63) is 490 Å². The normalized spacial score (nSPS) is 11.2. The van der Waals surface area contributed by atoms with Gasteiger partial charge in [0.15, 0.2) is 0 Å². The van der Waals surface area contributed by atoms with Crippen LogP contribution < -0.4 is 29.4 Å². The van der Waals surface area contributed by atoms with Crippen molar-refractivity contribution in [1.29, 1.82) is 0 Å². The smallest absolute Gasteiger partial charge is 0.0488 e. The molecule has 0 spiro atoms. The largest absolute Gasteiger partial charge is 0.345 e. The van der Waals surface area contributed by atoms with Crippen LogP contribution in [-0.2, 0) is 0 Å². The van der Waals surface area contributed by atoms with Gasteiger partial charge in [-0.1, -0.05) is 309 Å². The van der Waals surface area contributed by atoms with E-state index >= 15 is 0 Å². The summed E-state index contributed by atoms with van der Waals surface area (Å²) in [4.78, 5) is 13.8. The molecule has 0 saturated carbocycles. The van der Waals surface area contributed by atoms with Crippen molar-refractivity contribution in [3.63, 3.8) is 0 Å². The number of hydrogen-bond donors (Lipinski definition) is 0. The van der Waals surface area contributed by atoms with Crippen LogP contribution in [0.2, 0.25) is 0 Å². The van der Waals surface area contributed by atoms with E-state index in [0.717, 1.165) is 68.2 Å². The molecule has 127 heavy (non-hydrogen) atoms. The zero-order valence-corrected chi connectivity index (χ0v) is 71.8. The van der Waals surface area contributed by atoms with Crippen LogP contribution in [0.1, 0.15) is 11.1 Å². The first-order chi connectivity index (χ1) is 62.5. The molecule has 0 unspecified atom stereocenters. The Morgan fingerprint density at radius 1 is 0.142 bits per heavy atom. The molecule has 0 N–H and O–H groups in total. The summed E-state index contributed by atoms with van der Waals surface area (Å²) in [5, 5.41) is 17.9. The lowest BCUT2D eigenvalue weighted by Crippen LogP contribution is -2.12. The van der Waals surface area contributed by atoms with Crippen LogP contribution in [0.15, 0.2) is 479 Å². The first kappa shape index (κ1) is 79.2. The standard InChI is InChI=1S/C49H34N2.2C36H30N2/c1-50(47-31-30-45-43-17-8-15-36-14-7-16-42(48(36)43)44-18-9-19-46(47)49(44)45)38-26-28-40(29-27-38)51(41-25-22-34-12-5-6-13-37(34)32-41)39-23-20-35(21-24-39)33-10-3-2-4-11-33;1-27-9-8-14-35(25-27)37(2)32-21-23-34(24-22-32)38(36-20-17-29-12-6-7-13-31(29)26-36)33-18-15-30(16-19-33)28-10-4-3-5-11-28;1-27-12-17-32(18-13-27)37(2)33-22-24-35(25-23-33)38(36-21-16-29-10-6-7-11-31(29)26-36)34-19-14-30(15-20-34)28-8-4-3-5-9-28/h2-32H,1H3;2*3-26H,1-2H3. The lowest BCUT2D eigenvalue weighted by atomic mass is 9.89. The summed E-state index contributed by atoms with van der Waals surface area (Å²) < 4.78 is 0. The summed E-state index contributed by atoms with van der Waals surface area (Å²) in [6, 6.07) is 172. The molecule has 22 aromatic carbocycles. The van der Waals surface area contributed by atoms with Crippen molar-refractivity contribution in [1.82, 2.24) is 0 Å². The highest BCUT2D eigenvalue weighted by atomic mass is 15.2. The Hall–Kier alpha value is -16.3. The molecule has 0 aliphatic rings. The zero-order chi connectivity index (χ0) is 85.7.